The van der Waals surface area contributed by atoms with E-state index in [9.17, 15) is 5.11 Å². The van der Waals surface area contributed by atoms with Crippen molar-refractivity contribution in [3.8, 4) is 5.75 Å². The summed E-state index contributed by atoms with van der Waals surface area (Å²) < 4.78 is 1.03. The molecule has 0 saturated carbocycles. The molecule has 0 aromatic heterocycles. The Balaban J connectivity index is 2.24. The van der Waals surface area contributed by atoms with Crippen LogP contribution in [0, 0.1) is 0 Å². The molecule has 0 heterocycles. The number of anilines is 1. The van der Waals surface area contributed by atoms with Crippen molar-refractivity contribution in [1.29, 1.82) is 0 Å². The zero-order chi connectivity index (χ0) is 14.0. The number of phenolic OH excluding ortho intramolecular Hbond substituents is 1. The summed E-state index contributed by atoms with van der Waals surface area (Å²) in [5, 5.41) is 13.3. The monoisotopic (exact) mass is 359 g/mol. The van der Waals surface area contributed by atoms with E-state index < -0.39 is 0 Å². The van der Waals surface area contributed by atoms with Gasteiger partial charge in [0, 0.05) is 16.2 Å². The van der Waals surface area contributed by atoms with Crippen LogP contribution in [-0.4, -0.2) is 5.11 Å². The molecule has 0 aliphatic carbocycles. The highest BCUT2D eigenvalue weighted by Crippen LogP contribution is 2.36. The molecule has 2 aromatic rings. The first-order chi connectivity index (χ1) is 8.99. The number of phenols is 1. The van der Waals surface area contributed by atoms with Crippen molar-refractivity contribution >= 4 is 44.8 Å². The second-order valence-corrected chi connectivity index (χ2v) is 5.84. The normalized spacial score (nSPS) is 12.2. The molecule has 0 fully saturated rings. The van der Waals surface area contributed by atoms with Gasteiger partial charge in [-0.05, 0) is 30.7 Å². The van der Waals surface area contributed by atoms with Crippen molar-refractivity contribution in [3.63, 3.8) is 0 Å². The highest BCUT2D eigenvalue weighted by Gasteiger charge is 2.11. The fraction of sp³-hybridized carbons (Fsp3) is 0.143. The molecule has 19 heavy (non-hydrogen) atoms. The van der Waals surface area contributed by atoms with Crippen molar-refractivity contribution in [2.24, 2.45) is 0 Å². The molecule has 2 aromatic carbocycles. The third-order valence-corrected chi connectivity index (χ3v) is 4.07. The highest BCUT2D eigenvalue weighted by molar-refractivity contribution is 9.10. The Morgan fingerprint density at radius 1 is 1.16 bits per heavy atom. The van der Waals surface area contributed by atoms with E-state index in [1.165, 1.54) is 0 Å². The molecule has 0 saturated heterocycles. The SMILES string of the molecule is CC(Nc1cc(Cl)c(O)c(Cl)c1)c1ccccc1Br. The fourth-order valence-corrected chi connectivity index (χ4v) is 2.92. The maximum absolute atomic E-state index is 9.53. The number of halogens is 3. The molecule has 0 aliphatic heterocycles. The van der Waals surface area contributed by atoms with E-state index in [4.69, 9.17) is 23.2 Å². The molecule has 2 N–H and O–H groups in total. The van der Waals surface area contributed by atoms with Crippen LogP contribution in [0.3, 0.4) is 0 Å². The van der Waals surface area contributed by atoms with Gasteiger partial charge in [0.25, 0.3) is 0 Å². The van der Waals surface area contributed by atoms with E-state index in [1.54, 1.807) is 12.1 Å². The Morgan fingerprint density at radius 3 is 2.32 bits per heavy atom. The number of benzene rings is 2. The highest BCUT2D eigenvalue weighted by atomic mass is 79.9. The average Bonchev–Trinajstić information content (AvgIpc) is 2.36. The zero-order valence-electron chi connectivity index (χ0n) is 10.1. The van der Waals surface area contributed by atoms with Gasteiger partial charge < -0.3 is 10.4 Å². The van der Waals surface area contributed by atoms with E-state index >= 15 is 0 Å². The fourth-order valence-electron chi connectivity index (χ4n) is 1.80. The molecule has 2 rings (SSSR count). The summed E-state index contributed by atoms with van der Waals surface area (Å²) in [7, 11) is 0. The van der Waals surface area contributed by atoms with Gasteiger partial charge in [-0.2, -0.15) is 0 Å². The topological polar surface area (TPSA) is 32.3 Å². The third kappa shape index (κ3) is 3.35. The molecule has 5 heteroatoms. The lowest BCUT2D eigenvalue weighted by atomic mass is 10.1. The third-order valence-electron chi connectivity index (χ3n) is 2.77. The summed E-state index contributed by atoms with van der Waals surface area (Å²) in [4.78, 5) is 0. The van der Waals surface area contributed by atoms with Crippen LogP contribution in [-0.2, 0) is 0 Å². The predicted molar refractivity (Wildman–Crippen MR) is 84.3 cm³/mol. The van der Waals surface area contributed by atoms with Crippen LogP contribution in [0.1, 0.15) is 18.5 Å². The van der Waals surface area contributed by atoms with Crippen molar-refractivity contribution in [2.45, 2.75) is 13.0 Å². The second-order valence-electron chi connectivity index (χ2n) is 4.18. The number of hydrogen-bond donors (Lipinski definition) is 2. The summed E-state index contributed by atoms with van der Waals surface area (Å²) in [6.45, 7) is 2.04. The number of hydrogen-bond acceptors (Lipinski definition) is 2. The molecular formula is C14H12BrCl2NO. The predicted octanol–water partition coefficient (Wildman–Crippen LogP) is 5.63. The standard InChI is InChI=1S/C14H12BrCl2NO/c1-8(10-4-2-3-5-11(10)15)18-9-6-12(16)14(19)13(17)7-9/h2-8,18-19H,1H3. The van der Waals surface area contributed by atoms with Crippen LogP contribution in [0.2, 0.25) is 10.0 Å². The summed E-state index contributed by atoms with van der Waals surface area (Å²) >= 11 is 15.3. The van der Waals surface area contributed by atoms with Gasteiger partial charge in [-0.15, -0.1) is 0 Å². The minimum Gasteiger partial charge on any atom is -0.505 e. The molecule has 0 amide bonds. The molecule has 1 unspecified atom stereocenters. The molecule has 1 atom stereocenters. The molecule has 0 radical (unpaired) electrons. The lowest BCUT2D eigenvalue weighted by molar-refractivity contribution is 0.476. The van der Waals surface area contributed by atoms with Gasteiger partial charge in [0.05, 0.1) is 10.0 Å². The smallest absolute Gasteiger partial charge is 0.152 e. The molecule has 0 aliphatic rings. The van der Waals surface area contributed by atoms with Crippen LogP contribution in [0.5, 0.6) is 5.75 Å². The Bertz CT molecular complexity index is 581. The largest absolute Gasteiger partial charge is 0.505 e. The number of nitrogens with one attached hydrogen (secondary N) is 1. The lowest BCUT2D eigenvalue weighted by Gasteiger charge is -2.18. The van der Waals surface area contributed by atoms with E-state index in [1.807, 2.05) is 31.2 Å². The van der Waals surface area contributed by atoms with Crippen molar-refractivity contribution in [3.05, 3.63) is 56.5 Å². The Morgan fingerprint density at radius 2 is 1.74 bits per heavy atom. The van der Waals surface area contributed by atoms with Crippen LogP contribution in [0.25, 0.3) is 0 Å². The first-order valence-electron chi connectivity index (χ1n) is 5.68. The average molecular weight is 361 g/mol. The van der Waals surface area contributed by atoms with Gasteiger partial charge in [0.2, 0.25) is 0 Å². The molecular weight excluding hydrogens is 349 g/mol. The van der Waals surface area contributed by atoms with Crippen molar-refractivity contribution in [2.75, 3.05) is 5.32 Å². The van der Waals surface area contributed by atoms with Crippen LogP contribution < -0.4 is 5.32 Å². The quantitative estimate of drug-likeness (QED) is 0.694. The van der Waals surface area contributed by atoms with Gasteiger partial charge >= 0.3 is 0 Å². The minimum atomic E-state index is -0.0950. The first-order valence-corrected chi connectivity index (χ1v) is 7.23. The maximum Gasteiger partial charge on any atom is 0.152 e. The molecule has 2 nitrogen and oxygen atoms in total. The van der Waals surface area contributed by atoms with Gasteiger partial charge in [-0.1, -0.05) is 57.3 Å². The Kier molecular flexibility index (Phi) is 4.61. The van der Waals surface area contributed by atoms with Gasteiger partial charge in [0.15, 0.2) is 5.75 Å². The number of rotatable bonds is 3. The van der Waals surface area contributed by atoms with Gasteiger partial charge in [0.1, 0.15) is 0 Å². The van der Waals surface area contributed by atoms with Gasteiger partial charge in [-0.25, -0.2) is 0 Å². The maximum atomic E-state index is 9.53. The molecule has 0 spiro atoms. The van der Waals surface area contributed by atoms with Gasteiger partial charge in [-0.3, -0.25) is 0 Å². The Hall–Kier alpha value is -0.900. The minimum absolute atomic E-state index is 0.0762. The zero-order valence-corrected chi connectivity index (χ0v) is 13.2. The summed E-state index contributed by atoms with van der Waals surface area (Å²) in [6.07, 6.45) is 0. The van der Waals surface area contributed by atoms with Crippen LogP contribution >= 0.6 is 39.1 Å². The van der Waals surface area contributed by atoms with E-state index in [-0.39, 0.29) is 21.8 Å². The Labute approximate surface area is 130 Å². The van der Waals surface area contributed by atoms with Crippen molar-refractivity contribution < 1.29 is 5.11 Å². The van der Waals surface area contributed by atoms with Crippen LogP contribution in [0.4, 0.5) is 5.69 Å². The molecule has 100 valence electrons. The van der Waals surface area contributed by atoms with E-state index in [2.05, 4.69) is 21.2 Å². The van der Waals surface area contributed by atoms with Crippen molar-refractivity contribution in [1.82, 2.24) is 0 Å². The number of aromatic hydroxyl groups is 1. The summed E-state index contributed by atoms with van der Waals surface area (Å²) in [5.41, 5.74) is 1.89. The first kappa shape index (κ1) is 14.5. The second kappa shape index (κ2) is 6.04. The van der Waals surface area contributed by atoms with E-state index in [0.717, 1.165) is 15.7 Å². The van der Waals surface area contributed by atoms with E-state index in [0.29, 0.717) is 0 Å². The summed E-state index contributed by atoms with van der Waals surface area (Å²) in [5.74, 6) is -0.0950. The summed E-state index contributed by atoms with van der Waals surface area (Å²) in [6, 6.07) is 11.3. The molecule has 0 bridgehead atoms. The van der Waals surface area contributed by atoms with Crippen LogP contribution in [0.15, 0.2) is 40.9 Å². The lowest BCUT2D eigenvalue weighted by Crippen LogP contribution is -2.07.